The second-order valence-corrected chi connectivity index (χ2v) is 8.13. The number of nitrogens with zero attached hydrogens (tertiary/aromatic N) is 1. The molecule has 0 spiro atoms. The number of carbonyl (C=O) groups excluding carboxylic acids is 1. The number of hydrogen-bond acceptors (Lipinski definition) is 4. The van der Waals surface area contributed by atoms with Crippen molar-refractivity contribution in [2.24, 2.45) is 5.73 Å². The van der Waals surface area contributed by atoms with E-state index in [1.54, 1.807) is 18.3 Å². The fourth-order valence-corrected chi connectivity index (χ4v) is 4.03. The molecule has 4 nitrogen and oxygen atoms in total. The molecule has 3 aromatic rings. The molecule has 1 heterocycles. The molecule has 1 aromatic heterocycles. The highest BCUT2D eigenvalue weighted by Gasteiger charge is 2.32. The average Bonchev–Trinajstić information content (AvgIpc) is 3.04. The topological polar surface area (TPSA) is 68.0 Å². The number of thiazole rings is 1. The summed E-state index contributed by atoms with van der Waals surface area (Å²) in [6, 6.07) is 17.6. The number of carbonyl (C=O) groups is 1. The van der Waals surface area contributed by atoms with Gasteiger partial charge in [0.15, 0.2) is 0 Å². The zero-order chi connectivity index (χ0) is 19.6. The van der Waals surface area contributed by atoms with Crippen LogP contribution in [0.25, 0.3) is 10.6 Å². The van der Waals surface area contributed by atoms with E-state index in [0.717, 1.165) is 26.7 Å². The van der Waals surface area contributed by atoms with Crippen LogP contribution in [0.2, 0.25) is 0 Å². The summed E-state index contributed by atoms with van der Waals surface area (Å²) < 4.78 is 0. The fourth-order valence-electron chi connectivity index (χ4n) is 2.96. The van der Waals surface area contributed by atoms with E-state index >= 15 is 0 Å². The number of rotatable bonds is 5. The minimum Gasteiger partial charge on any atom is -0.347 e. The van der Waals surface area contributed by atoms with Crippen LogP contribution in [0.3, 0.4) is 0 Å². The van der Waals surface area contributed by atoms with Crippen molar-refractivity contribution >= 4 is 17.2 Å². The van der Waals surface area contributed by atoms with Crippen molar-refractivity contribution < 1.29 is 4.79 Å². The predicted molar refractivity (Wildman–Crippen MR) is 112 cm³/mol. The van der Waals surface area contributed by atoms with Crippen molar-refractivity contribution in [3.05, 3.63) is 76.3 Å². The first kappa shape index (κ1) is 19.3. The summed E-state index contributed by atoms with van der Waals surface area (Å²) in [4.78, 5) is 18.6. The van der Waals surface area contributed by atoms with Gasteiger partial charge in [-0.2, -0.15) is 0 Å². The molecule has 5 heteroatoms. The molecule has 2 unspecified atom stereocenters. The lowest BCUT2D eigenvalue weighted by Crippen LogP contribution is -2.49. The highest BCUT2D eigenvalue weighted by Crippen LogP contribution is 2.32. The molecule has 0 saturated carbocycles. The van der Waals surface area contributed by atoms with Gasteiger partial charge >= 0.3 is 0 Å². The molecular weight excluding hydrogens is 354 g/mol. The average molecular weight is 380 g/mol. The predicted octanol–water partition coefficient (Wildman–Crippen LogP) is 4.48. The van der Waals surface area contributed by atoms with Crippen LogP contribution in [-0.4, -0.2) is 10.9 Å². The standard InChI is InChI=1S/C22H25N3OS/c1-14-10-12-17(13-11-14)20-24-15(2)19(27-20)16(3)25-21(26)22(4,23)18-8-6-5-7-9-18/h5-13,16H,23H2,1-4H3,(H,25,26). The van der Waals surface area contributed by atoms with Gasteiger partial charge in [0, 0.05) is 5.56 Å². The number of aromatic nitrogens is 1. The van der Waals surface area contributed by atoms with Gasteiger partial charge in [-0.15, -0.1) is 11.3 Å². The number of nitrogens with one attached hydrogen (secondary N) is 1. The van der Waals surface area contributed by atoms with Crippen LogP contribution in [-0.2, 0) is 10.3 Å². The normalized spacial score (nSPS) is 14.4. The number of benzene rings is 2. The van der Waals surface area contributed by atoms with Crippen molar-refractivity contribution in [2.45, 2.75) is 39.3 Å². The molecule has 0 aliphatic carbocycles. The summed E-state index contributed by atoms with van der Waals surface area (Å²) in [7, 11) is 0. The van der Waals surface area contributed by atoms with Gasteiger partial charge in [-0.3, -0.25) is 4.79 Å². The Morgan fingerprint density at radius 2 is 1.74 bits per heavy atom. The maximum atomic E-state index is 12.8. The van der Waals surface area contributed by atoms with Crippen LogP contribution in [0.1, 0.15) is 41.6 Å². The Balaban J connectivity index is 1.79. The molecule has 2 atom stereocenters. The van der Waals surface area contributed by atoms with Crippen LogP contribution in [0, 0.1) is 13.8 Å². The second-order valence-electron chi connectivity index (χ2n) is 7.10. The van der Waals surface area contributed by atoms with Gasteiger partial charge in [0.2, 0.25) is 5.91 Å². The summed E-state index contributed by atoms with van der Waals surface area (Å²) in [5, 5.41) is 4.02. The van der Waals surface area contributed by atoms with E-state index in [2.05, 4.69) is 36.5 Å². The Hall–Kier alpha value is -2.50. The summed E-state index contributed by atoms with van der Waals surface area (Å²) >= 11 is 1.61. The summed E-state index contributed by atoms with van der Waals surface area (Å²) in [5.41, 5.74) is 9.27. The zero-order valence-electron chi connectivity index (χ0n) is 16.1. The third-order valence-corrected chi connectivity index (χ3v) is 6.11. The number of aryl methyl sites for hydroxylation is 2. The van der Waals surface area contributed by atoms with Crippen LogP contribution in [0.15, 0.2) is 54.6 Å². The minimum absolute atomic E-state index is 0.166. The molecule has 1 amide bonds. The molecule has 3 N–H and O–H groups in total. The van der Waals surface area contributed by atoms with Gasteiger partial charge in [-0.25, -0.2) is 4.98 Å². The molecule has 0 aliphatic rings. The molecule has 2 aromatic carbocycles. The SMILES string of the molecule is Cc1ccc(-c2nc(C)c(C(C)NC(=O)C(C)(N)c3ccccc3)s2)cc1. The molecule has 27 heavy (non-hydrogen) atoms. The molecule has 0 saturated heterocycles. The van der Waals surface area contributed by atoms with Crippen molar-refractivity contribution in [2.75, 3.05) is 0 Å². The van der Waals surface area contributed by atoms with Crippen molar-refractivity contribution in [1.82, 2.24) is 10.3 Å². The maximum Gasteiger partial charge on any atom is 0.244 e. The Morgan fingerprint density at radius 1 is 1.11 bits per heavy atom. The van der Waals surface area contributed by atoms with Gasteiger partial charge < -0.3 is 11.1 Å². The van der Waals surface area contributed by atoms with E-state index in [1.807, 2.05) is 44.2 Å². The Kier molecular flexibility index (Phi) is 5.44. The molecular formula is C22H25N3OS. The molecule has 0 aliphatic heterocycles. The lowest BCUT2D eigenvalue weighted by Gasteiger charge is -2.26. The molecule has 0 bridgehead atoms. The smallest absolute Gasteiger partial charge is 0.244 e. The highest BCUT2D eigenvalue weighted by molar-refractivity contribution is 7.15. The first-order valence-corrected chi connectivity index (χ1v) is 9.80. The van der Waals surface area contributed by atoms with Gasteiger partial charge in [0.1, 0.15) is 10.5 Å². The van der Waals surface area contributed by atoms with Gasteiger partial charge in [-0.1, -0.05) is 60.2 Å². The van der Waals surface area contributed by atoms with E-state index in [1.165, 1.54) is 5.56 Å². The van der Waals surface area contributed by atoms with Crippen LogP contribution >= 0.6 is 11.3 Å². The molecule has 0 fully saturated rings. The Bertz CT molecular complexity index is 930. The monoisotopic (exact) mass is 379 g/mol. The van der Waals surface area contributed by atoms with Crippen LogP contribution in [0.5, 0.6) is 0 Å². The summed E-state index contributed by atoms with van der Waals surface area (Å²) in [5.74, 6) is -0.203. The Morgan fingerprint density at radius 3 is 2.37 bits per heavy atom. The number of amides is 1. The highest BCUT2D eigenvalue weighted by atomic mass is 32.1. The van der Waals surface area contributed by atoms with Crippen LogP contribution in [0.4, 0.5) is 0 Å². The van der Waals surface area contributed by atoms with Crippen molar-refractivity contribution in [3.63, 3.8) is 0 Å². The van der Waals surface area contributed by atoms with Crippen molar-refractivity contribution in [1.29, 1.82) is 0 Å². The Labute approximate surface area is 164 Å². The molecule has 3 rings (SSSR count). The lowest BCUT2D eigenvalue weighted by molar-refractivity contribution is -0.126. The van der Waals surface area contributed by atoms with E-state index in [0.29, 0.717) is 0 Å². The lowest BCUT2D eigenvalue weighted by atomic mass is 9.92. The third-order valence-electron chi connectivity index (χ3n) is 4.72. The van der Waals surface area contributed by atoms with E-state index in [9.17, 15) is 4.79 Å². The minimum atomic E-state index is -1.09. The third kappa shape index (κ3) is 4.10. The first-order valence-electron chi connectivity index (χ1n) is 8.99. The zero-order valence-corrected chi connectivity index (χ0v) is 16.9. The quantitative estimate of drug-likeness (QED) is 0.687. The van der Waals surface area contributed by atoms with E-state index < -0.39 is 5.54 Å². The first-order chi connectivity index (χ1) is 12.8. The largest absolute Gasteiger partial charge is 0.347 e. The maximum absolute atomic E-state index is 12.8. The number of nitrogens with two attached hydrogens (primary N) is 1. The second kappa shape index (κ2) is 7.62. The van der Waals surface area contributed by atoms with Gasteiger partial charge in [-0.05, 0) is 33.3 Å². The molecule has 0 radical (unpaired) electrons. The van der Waals surface area contributed by atoms with E-state index in [4.69, 9.17) is 10.7 Å². The van der Waals surface area contributed by atoms with Crippen LogP contribution < -0.4 is 11.1 Å². The number of hydrogen-bond donors (Lipinski definition) is 2. The van der Waals surface area contributed by atoms with E-state index in [-0.39, 0.29) is 11.9 Å². The van der Waals surface area contributed by atoms with Gasteiger partial charge in [0.05, 0.1) is 16.6 Å². The summed E-state index contributed by atoms with van der Waals surface area (Å²) in [6.45, 7) is 7.75. The van der Waals surface area contributed by atoms with Crippen molar-refractivity contribution in [3.8, 4) is 10.6 Å². The van der Waals surface area contributed by atoms with Gasteiger partial charge in [0.25, 0.3) is 0 Å². The molecule has 140 valence electrons. The fraction of sp³-hybridized carbons (Fsp3) is 0.273. The summed E-state index contributed by atoms with van der Waals surface area (Å²) in [6.07, 6.45) is 0.